The van der Waals surface area contributed by atoms with Gasteiger partial charge in [0.15, 0.2) is 11.5 Å². The van der Waals surface area contributed by atoms with E-state index in [4.69, 9.17) is 18.6 Å². The fourth-order valence-electron chi connectivity index (χ4n) is 4.53. The summed E-state index contributed by atoms with van der Waals surface area (Å²) in [6, 6.07) is 25.2. The minimum Gasteiger partial charge on any atom is -0.508 e. The first-order valence-electron chi connectivity index (χ1n) is 14.0. The third kappa shape index (κ3) is 7.51. The molecule has 0 unspecified atom stereocenters. The first-order valence-corrected chi connectivity index (χ1v) is 14.9. The first kappa shape index (κ1) is 31.7. The van der Waals surface area contributed by atoms with Crippen molar-refractivity contribution < 1.29 is 33.3 Å². The van der Waals surface area contributed by atoms with Crippen LogP contribution in [0.1, 0.15) is 21.5 Å². The van der Waals surface area contributed by atoms with Gasteiger partial charge in [-0.3, -0.25) is 9.59 Å². The van der Waals surface area contributed by atoms with E-state index < -0.39 is 17.4 Å². The molecule has 46 heavy (non-hydrogen) atoms. The number of nitrogens with one attached hydrogen (secondary N) is 2. The first-order chi connectivity index (χ1) is 22.3. The average Bonchev–Trinajstić information content (AvgIpc) is 3.07. The van der Waals surface area contributed by atoms with E-state index in [9.17, 15) is 19.5 Å². The molecule has 2 amide bonds. The predicted octanol–water partition coefficient (Wildman–Crippen LogP) is 6.23. The zero-order valence-electron chi connectivity index (χ0n) is 25.2. The average molecular weight is 639 g/mol. The molecule has 0 bridgehead atoms. The SMILES string of the molecule is COc1cc(OC)c(OC)cc1/C=C(/NC(=O)c1ccccc1)C(=O)Nc1cccc(SCc2cc3ccc(O)cc3oc2=O)c1. The van der Waals surface area contributed by atoms with E-state index in [1.54, 1.807) is 72.8 Å². The van der Waals surface area contributed by atoms with Gasteiger partial charge in [0, 0.05) is 50.5 Å². The van der Waals surface area contributed by atoms with Gasteiger partial charge in [0.05, 0.1) is 21.3 Å². The second kappa shape index (κ2) is 14.4. The number of rotatable bonds is 11. The molecule has 3 N–H and O–H groups in total. The summed E-state index contributed by atoms with van der Waals surface area (Å²) in [5.74, 6) is 0.505. The zero-order valence-corrected chi connectivity index (χ0v) is 26.0. The topological polar surface area (TPSA) is 136 Å². The predicted molar refractivity (Wildman–Crippen MR) is 177 cm³/mol. The third-order valence-electron chi connectivity index (χ3n) is 6.84. The Labute approximate surface area is 268 Å². The lowest BCUT2D eigenvalue weighted by atomic mass is 10.1. The van der Waals surface area contributed by atoms with Crippen molar-refractivity contribution in [2.24, 2.45) is 0 Å². The van der Waals surface area contributed by atoms with Crippen LogP contribution < -0.4 is 30.5 Å². The van der Waals surface area contributed by atoms with E-state index in [-0.39, 0.29) is 11.4 Å². The van der Waals surface area contributed by atoms with Crippen molar-refractivity contribution in [3.8, 4) is 23.0 Å². The number of phenolic OH excluding ortho intramolecular Hbond substituents is 1. The maximum absolute atomic E-state index is 13.7. The monoisotopic (exact) mass is 638 g/mol. The number of anilines is 1. The maximum Gasteiger partial charge on any atom is 0.340 e. The Morgan fingerprint density at radius 1 is 0.848 bits per heavy atom. The molecule has 0 saturated heterocycles. The number of ether oxygens (including phenoxy) is 3. The second-order valence-corrected chi connectivity index (χ2v) is 10.9. The number of benzene rings is 4. The van der Waals surface area contributed by atoms with Gasteiger partial charge in [-0.05, 0) is 60.7 Å². The number of hydrogen-bond acceptors (Lipinski definition) is 9. The Hall–Kier alpha value is -5.68. The van der Waals surface area contributed by atoms with Gasteiger partial charge < -0.3 is 34.4 Å². The number of fused-ring (bicyclic) bond motifs is 1. The molecule has 1 heterocycles. The van der Waals surface area contributed by atoms with Gasteiger partial charge in [-0.15, -0.1) is 11.8 Å². The van der Waals surface area contributed by atoms with Gasteiger partial charge in [0.2, 0.25) is 0 Å². The maximum atomic E-state index is 13.7. The summed E-state index contributed by atoms with van der Waals surface area (Å²) in [6.07, 6.45) is 1.49. The third-order valence-corrected chi connectivity index (χ3v) is 7.89. The van der Waals surface area contributed by atoms with Crippen LogP contribution in [-0.4, -0.2) is 38.3 Å². The molecular weight excluding hydrogens is 608 g/mol. The molecule has 10 nitrogen and oxygen atoms in total. The Balaban J connectivity index is 1.40. The van der Waals surface area contributed by atoms with Crippen molar-refractivity contribution in [1.82, 2.24) is 5.32 Å². The zero-order chi connectivity index (χ0) is 32.6. The minimum absolute atomic E-state index is 0.0112. The smallest absolute Gasteiger partial charge is 0.340 e. The number of carbonyl (C=O) groups excluding carboxylic acids is 2. The van der Waals surface area contributed by atoms with Crippen molar-refractivity contribution >= 4 is 46.3 Å². The van der Waals surface area contributed by atoms with Crippen molar-refractivity contribution in [2.75, 3.05) is 26.6 Å². The number of methoxy groups -OCH3 is 3. The van der Waals surface area contributed by atoms with Crippen molar-refractivity contribution in [3.05, 3.63) is 124 Å². The number of thioether (sulfide) groups is 1. The summed E-state index contributed by atoms with van der Waals surface area (Å²) >= 11 is 1.38. The highest BCUT2D eigenvalue weighted by Crippen LogP contribution is 2.36. The van der Waals surface area contributed by atoms with Gasteiger partial charge in [-0.2, -0.15) is 0 Å². The summed E-state index contributed by atoms with van der Waals surface area (Å²) < 4.78 is 21.7. The van der Waals surface area contributed by atoms with E-state index in [1.165, 1.54) is 51.3 Å². The molecule has 4 aromatic carbocycles. The molecule has 11 heteroatoms. The van der Waals surface area contributed by atoms with Crippen LogP contribution in [0.15, 0.2) is 111 Å². The van der Waals surface area contributed by atoms with Crippen molar-refractivity contribution in [2.45, 2.75) is 10.6 Å². The number of phenols is 1. The summed E-state index contributed by atoms with van der Waals surface area (Å²) in [7, 11) is 4.48. The van der Waals surface area contributed by atoms with Crippen molar-refractivity contribution in [1.29, 1.82) is 0 Å². The molecule has 0 atom stereocenters. The lowest BCUT2D eigenvalue weighted by Crippen LogP contribution is -2.30. The van der Waals surface area contributed by atoms with Crippen LogP contribution in [0.5, 0.6) is 23.0 Å². The van der Waals surface area contributed by atoms with Crippen LogP contribution in [0.4, 0.5) is 5.69 Å². The number of carbonyl (C=O) groups is 2. The van der Waals surface area contributed by atoms with E-state index in [0.29, 0.717) is 56.3 Å². The Morgan fingerprint density at radius 2 is 1.59 bits per heavy atom. The largest absolute Gasteiger partial charge is 0.508 e. The quantitative estimate of drug-likeness (QED) is 0.0874. The van der Waals surface area contributed by atoms with E-state index in [0.717, 1.165) is 4.90 Å². The van der Waals surface area contributed by atoms with Gasteiger partial charge >= 0.3 is 5.63 Å². The second-order valence-electron chi connectivity index (χ2n) is 9.88. The van der Waals surface area contributed by atoms with Gasteiger partial charge in [-0.1, -0.05) is 24.3 Å². The highest BCUT2D eigenvalue weighted by atomic mass is 32.2. The van der Waals surface area contributed by atoms with E-state index in [1.807, 2.05) is 6.07 Å². The molecular formula is C35H30N2O8S. The molecule has 0 spiro atoms. The van der Waals surface area contributed by atoms with Gasteiger partial charge in [0.1, 0.15) is 22.8 Å². The fraction of sp³-hybridized carbons (Fsp3) is 0.114. The number of aromatic hydroxyl groups is 1. The van der Waals surface area contributed by atoms with Crippen LogP contribution in [0.3, 0.4) is 0 Å². The highest BCUT2D eigenvalue weighted by Gasteiger charge is 2.18. The van der Waals surface area contributed by atoms with Gasteiger partial charge in [0.25, 0.3) is 11.8 Å². The molecule has 1 aromatic heterocycles. The standard InChI is InChI=1S/C35H30N2O8S/c1-42-29-19-32(44-3)31(43-2)16-23(29)15-28(37-33(39)21-8-5-4-6-9-21)34(40)36-25-10-7-11-27(17-25)46-20-24-14-22-12-13-26(38)18-30(22)45-35(24)41/h4-19,38H,20H2,1-3H3,(H,36,40)(H,37,39)/b28-15+. The van der Waals surface area contributed by atoms with Crippen LogP contribution in [-0.2, 0) is 10.5 Å². The van der Waals surface area contributed by atoms with Crippen LogP contribution >= 0.6 is 11.8 Å². The van der Waals surface area contributed by atoms with E-state index in [2.05, 4.69) is 10.6 Å². The summed E-state index contributed by atoms with van der Waals surface area (Å²) in [5.41, 5.74) is 1.52. The molecule has 0 aliphatic rings. The van der Waals surface area contributed by atoms with Crippen LogP contribution in [0.2, 0.25) is 0 Å². The molecule has 0 saturated carbocycles. The summed E-state index contributed by atoms with van der Waals surface area (Å²) in [5, 5.41) is 15.9. The molecule has 0 radical (unpaired) electrons. The lowest BCUT2D eigenvalue weighted by molar-refractivity contribution is -0.113. The fourth-order valence-corrected chi connectivity index (χ4v) is 5.44. The van der Waals surface area contributed by atoms with Crippen molar-refractivity contribution in [3.63, 3.8) is 0 Å². The summed E-state index contributed by atoms with van der Waals surface area (Å²) in [6.45, 7) is 0. The number of amides is 2. The lowest BCUT2D eigenvalue weighted by Gasteiger charge is -2.15. The van der Waals surface area contributed by atoms with E-state index >= 15 is 0 Å². The Bertz CT molecular complexity index is 1990. The molecule has 234 valence electrons. The van der Waals surface area contributed by atoms with Crippen LogP contribution in [0, 0.1) is 0 Å². The number of hydrogen-bond donors (Lipinski definition) is 3. The summed E-state index contributed by atoms with van der Waals surface area (Å²) in [4.78, 5) is 40.1. The Morgan fingerprint density at radius 3 is 2.33 bits per heavy atom. The molecule has 5 aromatic rings. The highest BCUT2D eigenvalue weighted by molar-refractivity contribution is 7.98. The molecule has 0 aliphatic carbocycles. The minimum atomic E-state index is -0.582. The van der Waals surface area contributed by atoms with Crippen LogP contribution in [0.25, 0.3) is 17.0 Å². The normalized spacial score (nSPS) is 11.2. The molecule has 0 aliphatic heterocycles. The Kier molecular flexibility index (Phi) is 9.94. The molecule has 0 fully saturated rings. The van der Waals surface area contributed by atoms with Gasteiger partial charge in [-0.25, -0.2) is 4.79 Å². The molecule has 5 rings (SSSR count).